The Morgan fingerprint density at radius 3 is 2.43 bits per heavy atom. The Bertz CT molecular complexity index is 901. The molecule has 0 spiro atoms. The van der Waals surface area contributed by atoms with Gasteiger partial charge in [0.25, 0.3) is 5.91 Å². The zero-order chi connectivity index (χ0) is 20.5. The third-order valence-corrected chi connectivity index (χ3v) is 5.26. The van der Waals surface area contributed by atoms with Gasteiger partial charge in [0.05, 0.1) is 11.4 Å². The van der Waals surface area contributed by atoms with E-state index in [2.05, 4.69) is 36.2 Å². The minimum Gasteiger partial charge on any atom is -0.389 e. The molecule has 1 aliphatic rings. The van der Waals surface area contributed by atoms with Gasteiger partial charge >= 0.3 is 0 Å². The molecule has 1 unspecified atom stereocenters. The van der Waals surface area contributed by atoms with Gasteiger partial charge < -0.3 is 10.2 Å². The van der Waals surface area contributed by atoms with Gasteiger partial charge in [-0.25, -0.2) is 0 Å². The summed E-state index contributed by atoms with van der Waals surface area (Å²) >= 11 is 0. The molecule has 0 saturated heterocycles. The molecule has 3 rings (SSSR count). The number of oxime groups is 1. The van der Waals surface area contributed by atoms with E-state index < -0.39 is 0 Å². The van der Waals surface area contributed by atoms with Crippen LogP contribution in [0.1, 0.15) is 62.5 Å². The number of nitrogens with one attached hydrogen (secondary N) is 1. The maximum Gasteiger partial charge on any atom is 0.251 e. The molecule has 1 amide bonds. The van der Waals surface area contributed by atoms with Crippen molar-refractivity contribution >= 4 is 11.6 Å². The zero-order valence-electron chi connectivity index (χ0n) is 17.5. The largest absolute Gasteiger partial charge is 0.389 e. The number of rotatable bonds is 5. The fourth-order valence-corrected chi connectivity index (χ4v) is 3.08. The second-order valence-corrected chi connectivity index (χ2v) is 8.42. The van der Waals surface area contributed by atoms with Gasteiger partial charge in [0, 0.05) is 35.3 Å². The topological polar surface area (TPSA) is 63.6 Å². The van der Waals surface area contributed by atoms with Crippen LogP contribution in [0.5, 0.6) is 0 Å². The van der Waals surface area contributed by atoms with Gasteiger partial charge in [-0.15, -0.1) is 0 Å². The average molecular weight is 380 g/mol. The molecule has 1 aromatic carbocycles. The Balaban J connectivity index is 2.03. The van der Waals surface area contributed by atoms with Crippen LogP contribution in [-0.2, 0) is 4.84 Å². The summed E-state index contributed by atoms with van der Waals surface area (Å²) < 4.78 is 0. The van der Waals surface area contributed by atoms with Crippen LogP contribution >= 0.6 is 0 Å². The fraction of sp³-hybridized carbons (Fsp3) is 0.435. The SMILES string of the molecule is Cc1ccc(-c2cc(C(=O)NC(C)C)cc(C3=NOC(C)(C(C)C)C3)c2)nc1. The standard InChI is InChI=1S/C23H29N3O2/c1-14(2)23(6)12-21(26-28-23)18-9-17(20-8-7-16(5)13-24-20)10-19(11-18)22(27)25-15(3)4/h7-11,13-15H,12H2,1-6H3,(H,25,27). The summed E-state index contributed by atoms with van der Waals surface area (Å²) in [4.78, 5) is 23.0. The van der Waals surface area contributed by atoms with Gasteiger partial charge in [0.15, 0.2) is 0 Å². The number of aryl methyl sites for hydroxylation is 1. The average Bonchev–Trinajstić information content (AvgIpc) is 3.05. The van der Waals surface area contributed by atoms with E-state index in [0.29, 0.717) is 17.9 Å². The van der Waals surface area contributed by atoms with Gasteiger partial charge in [-0.3, -0.25) is 9.78 Å². The molecule has 0 fully saturated rings. The van der Waals surface area contributed by atoms with E-state index in [-0.39, 0.29) is 17.6 Å². The van der Waals surface area contributed by atoms with E-state index in [0.717, 1.165) is 28.1 Å². The lowest BCUT2D eigenvalue weighted by Gasteiger charge is -2.25. The second-order valence-electron chi connectivity index (χ2n) is 8.42. The van der Waals surface area contributed by atoms with Crippen LogP contribution in [0.3, 0.4) is 0 Å². The van der Waals surface area contributed by atoms with E-state index in [4.69, 9.17) is 4.84 Å². The highest BCUT2D eigenvalue weighted by Gasteiger charge is 2.38. The van der Waals surface area contributed by atoms with Crippen LogP contribution in [0.25, 0.3) is 11.3 Å². The highest BCUT2D eigenvalue weighted by atomic mass is 16.7. The van der Waals surface area contributed by atoms with E-state index in [1.807, 2.05) is 57.3 Å². The molecule has 28 heavy (non-hydrogen) atoms. The summed E-state index contributed by atoms with van der Waals surface area (Å²) in [6.45, 7) is 12.2. The molecular weight excluding hydrogens is 350 g/mol. The van der Waals surface area contributed by atoms with Crippen molar-refractivity contribution in [3.05, 3.63) is 53.2 Å². The van der Waals surface area contributed by atoms with Crippen LogP contribution < -0.4 is 5.32 Å². The molecule has 148 valence electrons. The van der Waals surface area contributed by atoms with Gasteiger partial charge in [0.1, 0.15) is 5.60 Å². The molecule has 1 aliphatic heterocycles. The molecule has 2 aromatic rings. The van der Waals surface area contributed by atoms with E-state index in [9.17, 15) is 4.79 Å². The molecule has 0 bridgehead atoms. The van der Waals surface area contributed by atoms with E-state index >= 15 is 0 Å². The maximum atomic E-state index is 12.7. The first-order chi connectivity index (χ1) is 13.2. The number of carbonyl (C=O) groups is 1. The first-order valence-corrected chi connectivity index (χ1v) is 9.82. The van der Waals surface area contributed by atoms with Crippen molar-refractivity contribution < 1.29 is 9.63 Å². The zero-order valence-corrected chi connectivity index (χ0v) is 17.5. The van der Waals surface area contributed by atoms with Crippen molar-refractivity contribution in [2.45, 2.75) is 59.6 Å². The number of hydrogen-bond donors (Lipinski definition) is 1. The van der Waals surface area contributed by atoms with Gasteiger partial charge in [-0.2, -0.15) is 0 Å². The van der Waals surface area contributed by atoms with Crippen molar-refractivity contribution in [3.8, 4) is 11.3 Å². The van der Waals surface area contributed by atoms with Crippen molar-refractivity contribution in [3.63, 3.8) is 0 Å². The molecule has 1 atom stereocenters. The molecule has 5 heteroatoms. The predicted octanol–water partition coefficient (Wildman–Crippen LogP) is 4.73. The minimum atomic E-state index is -0.326. The Morgan fingerprint density at radius 1 is 1.14 bits per heavy atom. The highest BCUT2D eigenvalue weighted by molar-refractivity contribution is 6.05. The van der Waals surface area contributed by atoms with Crippen molar-refractivity contribution in [2.24, 2.45) is 11.1 Å². The van der Waals surface area contributed by atoms with Crippen molar-refractivity contribution in [1.82, 2.24) is 10.3 Å². The van der Waals surface area contributed by atoms with E-state index in [1.165, 1.54) is 0 Å². The second kappa shape index (κ2) is 7.74. The lowest BCUT2D eigenvalue weighted by Crippen LogP contribution is -2.31. The molecule has 5 nitrogen and oxygen atoms in total. The fourth-order valence-electron chi connectivity index (χ4n) is 3.08. The molecule has 1 N–H and O–H groups in total. The van der Waals surface area contributed by atoms with Crippen LogP contribution in [0.2, 0.25) is 0 Å². The number of aromatic nitrogens is 1. The van der Waals surface area contributed by atoms with Crippen LogP contribution in [-0.4, -0.2) is 28.2 Å². The number of pyridine rings is 1. The number of hydrogen-bond acceptors (Lipinski definition) is 4. The molecule has 2 heterocycles. The number of carbonyl (C=O) groups excluding carboxylic acids is 1. The Hall–Kier alpha value is -2.69. The highest BCUT2D eigenvalue weighted by Crippen LogP contribution is 2.34. The Labute approximate surface area is 167 Å². The summed E-state index contributed by atoms with van der Waals surface area (Å²) in [6.07, 6.45) is 2.54. The third kappa shape index (κ3) is 4.24. The lowest BCUT2D eigenvalue weighted by atomic mass is 9.85. The monoisotopic (exact) mass is 379 g/mol. The van der Waals surface area contributed by atoms with Crippen molar-refractivity contribution in [1.29, 1.82) is 0 Å². The lowest BCUT2D eigenvalue weighted by molar-refractivity contribution is -0.0384. The van der Waals surface area contributed by atoms with Crippen LogP contribution in [0.4, 0.5) is 0 Å². The van der Waals surface area contributed by atoms with Crippen LogP contribution in [0.15, 0.2) is 41.7 Å². The summed E-state index contributed by atoms with van der Waals surface area (Å²) in [7, 11) is 0. The van der Waals surface area contributed by atoms with Crippen LogP contribution in [0, 0.1) is 12.8 Å². The molecule has 0 radical (unpaired) electrons. The third-order valence-electron chi connectivity index (χ3n) is 5.26. The summed E-state index contributed by atoms with van der Waals surface area (Å²) in [5.74, 6) is 0.232. The summed E-state index contributed by atoms with van der Waals surface area (Å²) in [6, 6.07) is 9.88. The molecule has 1 aromatic heterocycles. The summed E-state index contributed by atoms with van der Waals surface area (Å²) in [5.41, 5.74) is 4.86. The van der Waals surface area contributed by atoms with E-state index in [1.54, 1.807) is 0 Å². The maximum absolute atomic E-state index is 12.7. The summed E-state index contributed by atoms with van der Waals surface area (Å²) in [5, 5.41) is 7.32. The quantitative estimate of drug-likeness (QED) is 0.816. The normalized spacial score (nSPS) is 18.9. The minimum absolute atomic E-state index is 0.0634. The Kier molecular flexibility index (Phi) is 5.54. The van der Waals surface area contributed by atoms with Gasteiger partial charge in [0.2, 0.25) is 0 Å². The number of nitrogens with zero attached hydrogens (tertiary/aromatic N) is 2. The first-order valence-electron chi connectivity index (χ1n) is 9.82. The Morgan fingerprint density at radius 2 is 1.86 bits per heavy atom. The molecule has 0 aliphatic carbocycles. The first kappa shape index (κ1) is 20.1. The predicted molar refractivity (Wildman–Crippen MR) is 112 cm³/mol. The molecule has 0 saturated carbocycles. The number of benzene rings is 1. The van der Waals surface area contributed by atoms with Crippen molar-refractivity contribution in [2.75, 3.05) is 0 Å². The number of amides is 1. The smallest absolute Gasteiger partial charge is 0.251 e. The molecular formula is C23H29N3O2. The van der Waals surface area contributed by atoms with Gasteiger partial charge in [-0.1, -0.05) is 25.1 Å². The van der Waals surface area contributed by atoms with Gasteiger partial charge in [-0.05, 0) is 63.4 Å².